The summed E-state index contributed by atoms with van der Waals surface area (Å²) in [5.74, 6) is -0.0604. The number of hydrogen-bond acceptors (Lipinski definition) is 5. The molecule has 0 saturated carbocycles. The van der Waals surface area contributed by atoms with E-state index in [0.717, 1.165) is 24.2 Å². The Morgan fingerprint density at radius 2 is 1.63 bits per heavy atom. The largest absolute Gasteiger partial charge is 0.494 e. The molecule has 0 radical (unpaired) electrons. The zero-order valence-electron chi connectivity index (χ0n) is 17.7. The quantitative estimate of drug-likeness (QED) is 0.575. The van der Waals surface area contributed by atoms with Gasteiger partial charge in [-0.05, 0) is 70.2 Å². The molecule has 30 heavy (non-hydrogen) atoms. The number of carbonyl (C=O) groups excluding carboxylic acids is 2. The molecule has 7 nitrogen and oxygen atoms in total. The molecule has 0 aliphatic carbocycles. The molecule has 158 valence electrons. The number of furan rings is 1. The third-order valence-electron chi connectivity index (χ3n) is 4.97. The molecule has 2 amide bonds. The highest BCUT2D eigenvalue weighted by Crippen LogP contribution is 2.28. The highest BCUT2D eigenvalue weighted by molar-refractivity contribution is 6.01. The molecule has 3 rings (SSSR count). The Kier molecular flexibility index (Phi) is 6.61. The standard InChI is InChI=1S/C23H27N3O4/c1-5-26(6-2)17-10-8-16(9-11-17)22(27)24-25-23(28)21-15(4)19-14-18(29-7-3)12-13-20(19)30-21/h8-14H,5-7H2,1-4H3,(H,24,27)(H,25,28). The fourth-order valence-electron chi connectivity index (χ4n) is 3.33. The predicted molar refractivity (Wildman–Crippen MR) is 117 cm³/mol. The van der Waals surface area contributed by atoms with Crippen LogP contribution in [0.4, 0.5) is 5.69 Å². The number of nitrogens with one attached hydrogen (secondary N) is 2. The van der Waals surface area contributed by atoms with Crippen LogP contribution in [0.1, 0.15) is 47.2 Å². The summed E-state index contributed by atoms with van der Waals surface area (Å²) in [4.78, 5) is 27.1. The third-order valence-corrected chi connectivity index (χ3v) is 4.97. The molecule has 0 unspecified atom stereocenters. The lowest BCUT2D eigenvalue weighted by atomic mass is 10.1. The molecule has 0 aliphatic heterocycles. The molecule has 0 spiro atoms. The first-order chi connectivity index (χ1) is 14.5. The van der Waals surface area contributed by atoms with Gasteiger partial charge in [-0.3, -0.25) is 20.4 Å². The molecule has 2 N–H and O–H groups in total. The van der Waals surface area contributed by atoms with E-state index < -0.39 is 11.8 Å². The van der Waals surface area contributed by atoms with Gasteiger partial charge in [-0.1, -0.05) is 0 Å². The number of rotatable bonds is 7. The summed E-state index contributed by atoms with van der Waals surface area (Å²) >= 11 is 0. The number of ether oxygens (including phenoxy) is 1. The molecule has 0 fully saturated rings. The van der Waals surface area contributed by atoms with Crippen molar-refractivity contribution in [1.29, 1.82) is 0 Å². The van der Waals surface area contributed by atoms with Crippen LogP contribution in [0.3, 0.4) is 0 Å². The summed E-state index contributed by atoms with van der Waals surface area (Å²) in [5.41, 5.74) is 7.63. The Hall–Kier alpha value is -3.48. The molecule has 2 aromatic carbocycles. The molecular weight excluding hydrogens is 382 g/mol. The minimum Gasteiger partial charge on any atom is -0.494 e. The van der Waals surface area contributed by atoms with E-state index in [4.69, 9.17) is 9.15 Å². The van der Waals surface area contributed by atoms with E-state index in [-0.39, 0.29) is 5.76 Å². The molecule has 0 aliphatic rings. The van der Waals surface area contributed by atoms with Crippen LogP contribution in [0.5, 0.6) is 5.75 Å². The van der Waals surface area contributed by atoms with Crippen molar-refractivity contribution < 1.29 is 18.7 Å². The van der Waals surface area contributed by atoms with Gasteiger partial charge in [0.1, 0.15) is 11.3 Å². The van der Waals surface area contributed by atoms with Crippen molar-refractivity contribution in [2.45, 2.75) is 27.7 Å². The number of carbonyl (C=O) groups is 2. The van der Waals surface area contributed by atoms with Crippen LogP contribution in [-0.4, -0.2) is 31.5 Å². The third kappa shape index (κ3) is 4.40. The average Bonchev–Trinajstić information content (AvgIpc) is 3.09. The van der Waals surface area contributed by atoms with Crippen molar-refractivity contribution in [2.24, 2.45) is 0 Å². The lowest BCUT2D eigenvalue weighted by Gasteiger charge is -2.21. The maximum atomic E-state index is 12.5. The summed E-state index contributed by atoms with van der Waals surface area (Å²) in [7, 11) is 0. The van der Waals surface area contributed by atoms with Gasteiger partial charge in [0.05, 0.1) is 6.61 Å². The number of hydrazine groups is 1. The second-order valence-electron chi connectivity index (χ2n) is 6.77. The molecule has 0 atom stereocenters. The van der Waals surface area contributed by atoms with E-state index in [1.165, 1.54) is 0 Å². The number of hydrogen-bond donors (Lipinski definition) is 2. The first-order valence-corrected chi connectivity index (χ1v) is 10.1. The van der Waals surface area contributed by atoms with Gasteiger partial charge in [0.25, 0.3) is 5.91 Å². The van der Waals surface area contributed by atoms with Gasteiger partial charge >= 0.3 is 5.91 Å². The average molecular weight is 409 g/mol. The number of benzene rings is 2. The topological polar surface area (TPSA) is 83.8 Å². The highest BCUT2D eigenvalue weighted by atomic mass is 16.5. The summed E-state index contributed by atoms with van der Waals surface area (Å²) in [5, 5.41) is 0.796. The highest BCUT2D eigenvalue weighted by Gasteiger charge is 2.19. The Labute approximate surface area is 176 Å². The van der Waals surface area contributed by atoms with Gasteiger partial charge < -0.3 is 14.1 Å². The second kappa shape index (κ2) is 9.35. The molecule has 1 aromatic heterocycles. The zero-order chi connectivity index (χ0) is 21.7. The summed E-state index contributed by atoms with van der Waals surface area (Å²) in [6, 6.07) is 12.6. The van der Waals surface area contributed by atoms with Gasteiger partial charge in [-0.25, -0.2) is 0 Å². The molecule has 7 heteroatoms. The van der Waals surface area contributed by atoms with Gasteiger partial charge in [0, 0.05) is 35.3 Å². The Balaban J connectivity index is 1.68. The Morgan fingerprint density at radius 3 is 2.27 bits per heavy atom. The minimum absolute atomic E-state index is 0.149. The number of fused-ring (bicyclic) bond motifs is 1. The van der Waals surface area contributed by atoms with Crippen LogP contribution in [0, 0.1) is 6.92 Å². The number of amides is 2. The maximum absolute atomic E-state index is 12.5. The van der Waals surface area contributed by atoms with E-state index in [1.807, 2.05) is 25.1 Å². The summed E-state index contributed by atoms with van der Waals surface area (Å²) < 4.78 is 11.2. The fourth-order valence-corrected chi connectivity index (χ4v) is 3.33. The second-order valence-corrected chi connectivity index (χ2v) is 6.77. The van der Waals surface area contributed by atoms with E-state index in [1.54, 1.807) is 31.2 Å². The van der Waals surface area contributed by atoms with E-state index >= 15 is 0 Å². The van der Waals surface area contributed by atoms with Crippen molar-refractivity contribution in [1.82, 2.24) is 10.9 Å². The summed E-state index contributed by atoms with van der Waals surface area (Å²) in [6.07, 6.45) is 0. The predicted octanol–water partition coefficient (Wildman–Crippen LogP) is 4.06. The van der Waals surface area contributed by atoms with Gasteiger partial charge in [0.2, 0.25) is 0 Å². The van der Waals surface area contributed by atoms with Crippen LogP contribution < -0.4 is 20.5 Å². The van der Waals surface area contributed by atoms with Crippen LogP contribution >= 0.6 is 0 Å². The van der Waals surface area contributed by atoms with E-state index in [0.29, 0.717) is 29.1 Å². The Morgan fingerprint density at radius 1 is 0.967 bits per heavy atom. The van der Waals surface area contributed by atoms with Crippen molar-refractivity contribution in [2.75, 3.05) is 24.6 Å². The summed E-state index contributed by atoms with van der Waals surface area (Å²) in [6.45, 7) is 10.2. The first-order valence-electron chi connectivity index (χ1n) is 10.1. The van der Waals surface area contributed by atoms with Crippen LogP contribution in [0.2, 0.25) is 0 Å². The SMILES string of the molecule is CCOc1ccc2oc(C(=O)NNC(=O)c3ccc(N(CC)CC)cc3)c(C)c2c1. The fraction of sp³-hybridized carbons (Fsp3) is 0.304. The van der Waals surface area contributed by atoms with Gasteiger partial charge in [0.15, 0.2) is 5.76 Å². The zero-order valence-corrected chi connectivity index (χ0v) is 17.7. The number of aryl methyl sites for hydroxylation is 1. The molecule has 1 heterocycles. The normalized spacial score (nSPS) is 10.7. The van der Waals surface area contributed by atoms with Crippen molar-refractivity contribution >= 4 is 28.5 Å². The molecule has 0 bridgehead atoms. The van der Waals surface area contributed by atoms with E-state index in [9.17, 15) is 9.59 Å². The van der Waals surface area contributed by atoms with Gasteiger partial charge in [-0.2, -0.15) is 0 Å². The minimum atomic E-state index is -0.519. The smallest absolute Gasteiger partial charge is 0.305 e. The van der Waals surface area contributed by atoms with E-state index in [2.05, 4.69) is 29.6 Å². The first kappa shape index (κ1) is 21.2. The van der Waals surface area contributed by atoms with Crippen LogP contribution in [-0.2, 0) is 0 Å². The molecule has 3 aromatic rings. The van der Waals surface area contributed by atoms with Gasteiger partial charge in [-0.15, -0.1) is 0 Å². The number of nitrogens with zero attached hydrogens (tertiary/aromatic N) is 1. The molecule has 0 saturated heterocycles. The van der Waals surface area contributed by atoms with Crippen molar-refractivity contribution in [3.8, 4) is 5.75 Å². The monoisotopic (exact) mass is 409 g/mol. The maximum Gasteiger partial charge on any atom is 0.305 e. The van der Waals surface area contributed by atoms with Crippen LogP contribution in [0.25, 0.3) is 11.0 Å². The van der Waals surface area contributed by atoms with Crippen molar-refractivity contribution in [3.63, 3.8) is 0 Å². The van der Waals surface area contributed by atoms with Crippen molar-refractivity contribution in [3.05, 3.63) is 59.4 Å². The molecular formula is C23H27N3O4. The lowest BCUT2D eigenvalue weighted by molar-refractivity contribution is 0.0831. The Bertz CT molecular complexity index is 1040. The van der Waals surface area contributed by atoms with Crippen LogP contribution in [0.15, 0.2) is 46.9 Å². The number of anilines is 1. The lowest BCUT2D eigenvalue weighted by Crippen LogP contribution is -2.41.